The van der Waals surface area contributed by atoms with Crippen LogP contribution in [0.3, 0.4) is 0 Å². The van der Waals surface area contributed by atoms with Gasteiger partial charge in [0.2, 0.25) is 5.91 Å². The molecule has 6 rings (SSSR count). The summed E-state index contributed by atoms with van der Waals surface area (Å²) in [6, 6.07) is 11.5. The predicted octanol–water partition coefficient (Wildman–Crippen LogP) is 3.25. The van der Waals surface area contributed by atoms with E-state index in [1.807, 2.05) is 0 Å². The van der Waals surface area contributed by atoms with Gasteiger partial charge in [0.15, 0.2) is 11.3 Å². The number of hydrogen-bond acceptors (Lipinski definition) is 8. The molecule has 3 heterocycles. The summed E-state index contributed by atoms with van der Waals surface area (Å²) in [5.74, 6) is -5.52. The van der Waals surface area contributed by atoms with Crippen molar-refractivity contribution in [3.05, 3.63) is 94.2 Å². The number of nitrogens with zero attached hydrogens (tertiary/aromatic N) is 2. The fourth-order valence-corrected chi connectivity index (χ4v) is 7.42. The third-order valence-electron chi connectivity index (χ3n) is 9.27. The van der Waals surface area contributed by atoms with E-state index in [1.54, 1.807) is 33.8 Å². The highest BCUT2D eigenvalue weighted by Crippen LogP contribution is 2.64. The van der Waals surface area contributed by atoms with Crippen LogP contribution in [-0.4, -0.2) is 62.6 Å². The second kappa shape index (κ2) is 9.52. The van der Waals surface area contributed by atoms with Gasteiger partial charge in [-0.25, -0.2) is 0 Å². The SMILES string of the molecule is COc1ccc(C(O)=C2C(=O)C(=O)N(c3ccccc3O)[C@@]23C(=O)N2C(=C3C(N)=O)[C@@]3(C=C(C)C(=O)C=C3C)CC2(C)C)cc1. The molecular formula is C34H31N3O8. The molecule has 4 aliphatic rings. The van der Waals surface area contributed by atoms with Crippen LogP contribution in [0.5, 0.6) is 11.5 Å². The number of amides is 3. The van der Waals surface area contributed by atoms with Crippen LogP contribution in [0.2, 0.25) is 0 Å². The smallest absolute Gasteiger partial charge is 0.300 e. The van der Waals surface area contributed by atoms with Gasteiger partial charge in [-0.2, -0.15) is 0 Å². The van der Waals surface area contributed by atoms with Crippen LogP contribution < -0.4 is 15.4 Å². The molecule has 0 saturated carbocycles. The molecule has 45 heavy (non-hydrogen) atoms. The first-order valence-corrected chi connectivity index (χ1v) is 14.2. The van der Waals surface area contributed by atoms with E-state index in [4.69, 9.17) is 10.5 Å². The number of aromatic hydroxyl groups is 1. The zero-order valence-electron chi connectivity index (χ0n) is 25.3. The number of carbonyl (C=O) groups excluding carboxylic acids is 5. The Kier molecular flexibility index (Phi) is 6.27. The number of ketones is 2. The number of primary amides is 1. The first kappa shape index (κ1) is 29.6. The number of allylic oxidation sites excluding steroid dienone is 3. The zero-order chi connectivity index (χ0) is 32.8. The largest absolute Gasteiger partial charge is 0.507 e. The van der Waals surface area contributed by atoms with Crippen LogP contribution in [0.25, 0.3) is 5.76 Å². The summed E-state index contributed by atoms with van der Waals surface area (Å²) >= 11 is 0. The number of methoxy groups -OCH3 is 1. The number of benzene rings is 2. The van der Waals surface area contributed by atoms with Crippen molar-refractivity contribution in [3.8, 4) is 11.5 Å². The van der Waals surface area contributed by atoms with Gasteiger partial charge in [-0.15, -0.1) is 0 Å². The normalized spacial score (nSPS) is 26.6. The monoisotopic (exact) mass is 609 g/mol. The molecule has 0 bridgehead atoms. The van der Waals surface area contributed by atoms with Crippen LogP contribution in [0.1, 0.15) is 39.7 Å². The number of Topliss-reactive ketones (excluding diaryl/α,β-unsaturated/α-hetero) is 1. The Balaban J connectivity index is 1.81. The molecule has 230 valence electrons. The number of aliphatic hydroxyl groups is 1. The number of rotatable bonds is 4. The van der Waals surface area contributed by atoms with Crippen molar-refractivity contribution in [1.29, 1.82) is 0 Å². The van der Waals surface area contributed by atoms with E-state index in [0.717, 1.165) is 4.90 Å². The first-order chi connectivity index (χ1) is 21.1. The Morgan fingerprint density at radius 3 is 2.22 bits per heavy atom. The highest BCUT2D eigenvalue weighted by Gasteiger charge is 2.75. The third-order valence-corrected chi connectivity index (χ3v) is 9.27. The van der Waals surface area contributed by atoms with Gasteiger partial charge < -0.3 is 25.6 Å². The molecule has 2 spiro atoms. The van der Waals surface area contributed by atoms with Crippen molar-refractivity contribution >= 4 is 40.7 Å². The number of phenolic OH excluding ortho intramolecular Hbond substituents is 1. The molecule has 2 atom stereocenters. The summed E-state index contributed by atoms with van der Waals surface area (Å²) in [6.07, 6.45) is 3.38. The highest BCUT2D eigenvalue weighted by atomic mass is 16.5. The van der Waals surface area contributed by atoms with Gasteiger partial charge >= 0.3 is 5.91 Å². The fraction of sp³-hybridized carbons (Fsp3) is 0.265. The van der Waals surface area contributed by atoms with Gasteiger partial charge in [0.25, 0.3) is 11.7 Å². The van der Waals surface area contributed by atoms with E-state index in [0.29, 0.717) is 16.9 Å². The molecule has 2 fully saturated rings. The molecule has 2 saturated heterocycles. The summed E-state index contributed by atoms with van der Waals surface area (Å²) < 4.78 is 5.20. The Hall–Kier alpha value is -5.45. The summed E-state index contributed by atoms with van der Waals surface area (Å²) in [5.41, 5.74) is 1.03. The van der Waals surface area contributed by atoms with Crippen molar-refractivity contribution in [2.45, 2.75) is 45.2 Å². The Bertz CT molecular complexity index is 1900. The minimum Gasteiger partial charge on any atom is -0.507 e. The zero-order valence-corrected chi connectivity index (χ0v) is 25.3. The minimum atomic E-state index is -2.60. The average Bonchev–Trinajstić information content (AvgIpc) is 3.49. The number of anilines is 1. The lowest BCUT2D eigenvalue weighted by atomic mass is 9.67. The van der Waals surface area contributed by atoms with E-state index in [2.05, 4.69) is 0 Å². The topological polar surface area (TPSA) is 168 Å². The lowest BCUT2D eigenvalue weighted by molar-refractivity contribution is -0.135. The molecule has 0 radical (unpaired) electrons. The molecule has 3 aliphatic heterocycles. The summed E-state index contributed by atoms with van der Waals surface area (Å²) in [7, 11) is 1.45. The molecular weight excluding hydrogens is 578 g/mol. The van der Waals surface area contributed by atoms with E-state index in [-0.39, 0.29) is 29.2 Å². The van der Waals surface area contributed by atoms with Gasteiger partial charge in [0, 0.05) is 16.8 Å². The minimum absolute atomic E-state index is 0.0585. The maximum absolute atomic E-state index is 15.2. The van der Waals surface area contributed by atoms with Gasteiger partial charge in [-0.3, -0.25) is 28.9 Å². The van der Waals surface area contributed by atoms with Crippen LogP contribution in [0.4, 0.5) is 5.69 Å². The second-order valence-corrected chi connectivity index (χ2v) is 12.3. The molecule has 11 nitrogen and oxygen atoms in total. The van der Waals surface area contributed by atoms with Crippen LogP contribution in [0, 0.1) is 5.41 Å². The number of fused-ring (bicyclic) bond motifs is 2. The predicted molar refractivity (Wildman–Crippen MR) is 163 cm³/mol. The first-order valence-electron chi connectivity index (χ1n) is 14.2. The van der Waals surface area contributed by atoms with E-state index >= 15 is 4.79 Å². The van der Waals surface area contributed by atoms with Crippen molar-refractivity contribution < 1.29 is 38.9 Å². The van der Waals surface area contributed by atoms with E-state index in [1.165, 1.54) is 66.6 Å². The lowest BCUT2D eigenvalue weighted by Crippen LogP contribution is -2.59. The number of phenols is 1. The standard InChI is InChI=1S/C34H31N3O8/c1-17-15-33(18(2)14-23(17)39)16-32(3,4)37-28(33)25(29(35)42)34(31(37)44)24(26(40)19-10-12-20(45-5)13-11-19)27(41)30(43)36(34)21-8-6-7-9-22(21)38/h6-15,38,40H,16H2,1-5H3,(H2,35,42)/t33-,34-/m0/s1. The van der Waals surface area contributed by atoms with E-state index in [9.17, 15) is 29.4 Å². The summed E-state index contributed by atoms with van der Waals surface area (Å²) in [6.45, 7) is 6.86. The van der Waals surface area contributed by atoms with Crippen LogP contribution >= 0.6 is 0 Å². The Morgan fingerprint density at radius 1 is 0.978 bits per heavy atom. The number of para-hydroxylation sites is 2. The molecule has 2 aromatic carbocycles. The van der Waals surface area contributed by atoms with Gasteiger partial charge in [0.05, 0.1) is 29.4 Å². The maximum atomic E-state index is 15.2. The van der Waals surface area contributed by atoms with Crippen molar-refractivity contribution in [3.63, 3.8) is 0 Å². The number of hydrogen-bond donors (Lipinski definition) is 3. The number of ether oxygens (including phenoxy) is 1. The second-order valence-electron chi connectivity index (χ2n) is 12.3. The molecule has 11 heteroatoms. The molecule has 4 N–H and O–H groups in total. The number of carbonyl (C=O) groups is 5. The molecule has 3 amide bonds. The number of nitrogens with two attached hydrogens (primary N) is 1. The molecule has 2 aromatic rings. The molecule has 0 aromatic heterocycles. The van der Waals surface area contributed by atoms with Crippen LogP contribution in [-0.2, 0) is 24.0 Å². The quantitative estimate of drug-likeness (QED) is 0.270. The third kappa shape index (κ3) is 3.66. The molecule has 1 aliphatic carbocycles. The van der Waals surface area contributed by atoms with E-state index < -0.39 is 62.7 Å². The Morgan fingerprint density at radius 2 is 1.62 bits per heavy atom. The van der Waals surface area contributed by atoms with Gasteiger partial charge in [-0.1, -0.05) is 23.8 Å². The Labute approximate surface area is 258 Å². The highest BCUT2D eigenvalue weighted by molar-refractivity contribution is 6.56. The van der Waals surface area contributed by atoms with Gasteiger partial charge in [-0.05, 0) is 82.2 Å². The van der Waals surface area contributed by atoms with Crippen molar-refractivity contribution in [2.24, 2.45) is 11.1 Å². The fourth-order valence-electron chi connectivity index (χ4n) is 7.42. The van der Waals surface area contributed by atoms with Crippen molar-refractivity contribution in [2.75, 3.05) is 12.0 Å². The average molecular weight is 610 g/mol. The molecule has 0 unspecified atom stereocenters. The number of aliphatic hydroxyl groups excluding tert-OH is 1. The lowest BCUT2D eigenvalue weighted by Gasteiger charge is -2.39. The summed E-state index contributed by atoms with van der Waals surface area (Å²) in [5, 5.41) is 22.8. The summed E-state index contributed by atoms with van der Waals surface area (Å²) in [4.78, 5) is 72.1. The van der Waals surface area contributed by atoms with Crippen molar-refractivity contribution in [1.82, 2.24) is 4.90 Å². The van der Waals surface area contributed by atoms with Crippen LogP contribution in [0.15, 0.2) is 88.7 Å². The van der Waals surface area contributed by atoms with Gasteiger partial charge in [0.1, 0.15) is 17.3 Å². The maximum Gasteiger partial charge on any atom is 0.300 e.